The van der Waals surface area contributed by atoms with Crippen molar-refractivity contribution in [1.29, 1.82) is 5.26 Å². The molecular weight excluding hydrogens is 540 g/mol. The van der Waals surface area contributed by atoms with Gasteiger partial charge in [-0.15, -0.1) is 11.3 Å². The number of aryl methyl sites for hydroxylation is 1. The number of nitrogens with zero attached hydrogens (tertiary/aromatic N) is 5. The number of likely N-dealkylation sites (tertiary alicyclic amines) is 1. The van der Waals surface area contributed by atoms with Crippen molar-refractivity contribution in [3.8, 4) is 17.6 Å². The summed E-state index contributed by atoms with van der Waals surface area (Å²) in [5, 5.41) is 12.2. The van der Waals surface area contributed by atoms with Crippen molar-refractivity contribution in [1.82, 2.24) is 24.8 Å². The highest BCUT2D eigenvalue weighted by Crippen LogP contribution is 2.32. The number of hydrogen-bond donors (Lipinski definition) is 1. The summed E-state index contributed by atoms with van der Waals surface area (Å²) in [7, 11) is 0. The molecule has 1 fully saturated rings. The van der Waals surface area contributed by atoms with Gasteiger partial charge < -0.3 is 14.8 Å². The smallest absolute Gasteiger partial charge is 0.219 e. The van der Waals surface area contributed by atoms with E-state index in [-0.39, 0.29) is 18.0 Å². The Morgan fingerprint density at radius 1 is 1.25 bits per heavy atom. The molecule has 1 aliphatic rings. The van der Waals surface area contributed by atoms with Crippen molar-refractivity contribution >= 4 is 50.6 Å². The average Bonchev–Trinajstić information content (AvgIpc) is 3.46. The Labute approximate surface area is 221 Å². The molecular formula is C26H25BrN6O2S. The van der Waals surface area contributed by atoms with E-state index in [4.69, 9.17) is 4.98 Å². The third kappa shape index (κ3) is 5.80. The third-order valence-corrected chi connectivity index (χ3v) is 7.50. The van der Waals surface area contributed by atoms with Gasteiger partial charge in [-0.2, -0.15) is 5.26 Å². The van der Waals surface area contributed by atoms with Crippen LogP contribution in [-0.2, 0) is 9.59 Å². The van der Waals surface area contributed by atoms with E-state index in [1.165, 1.54) is 15.6 Å². The van der Waals surface area contributed by atoms with Crippen molar-refractivity contribution in [2.75, 3.05) is 13.1 Å². The fourth-order valence-electron chi connectivity index (χ4n) is 4.35. The lowest BCUT2D eigenvalue weighted by atomic mass is 10.00. The van der Waals surface area contributed by atoms with Crippen LogP contribution in [0.1, 0.15) is 29.8 Å². The van der Waals surface area contributed by atoms with Gasteiger partial charge in [0.15, 0.2) is 5.82 Å². The zero-order valence-corrected chi connectivity index (χ0v) is 22.3. The highest BCUT2D eigenvalue weighted by atomic mass is 79.9. The van der Waals surface area contributed by atoms with Gasteiger partial charge in [0.25, 0.3) is 0 Å². The van der Waals surface area contributed by atoms with Gasteiger partial charge in [-0.05, 0) is 71.7 Å². The Hall–Kier alpha value is -3.55. The van der Waals surface area contributed by atoms with Crippen molar-refractivity contribution in [3.63, 3.8) is 0 Å². The molecule has 0 saturated carbocycles. The maximum absolute atomic E-state index is 12.1. The number of carbonyl (C=O) groups excluding carboxylic acids is 2. The summed E-state index contributed by atoms with van der Waals surface area (Å²) in [4.78, 5) is 35.5. The predicted octanol–water partition coefficient (Wildman–Crippen LogP) is 4.70. The molecule has 2 unspecified atom stereocenters. The molecule has 5 rings (SSSR count). The second-order valence-electron chi connectivity index (χ2n) is 8.48. The lowest BCUT2D eigenvalue weighted by Gasteiger charge is -2.38. The molecule has 36 heavy (non-hydrogen) atoms. The quantitative estimate of drug-likeness (QED) is 0.362. The molecule has 4 aromatic rings. The Bertz CT molecular complexity index is 1390. The van der Waals surface area contributed by atoms with E-state index in [1.807, 2.05) is 34.9 Å². The third-order valence-electron chi connectivity index (χ3n) is 5.96. The van der Waals surface area contributed by atoms with Crippen LogP contribution in [-0.4, -0.2) is 50.9 Å². The molecule has 8 nitrogen and oxygen atoms in total. The minimum absolute atomic E-state index is 0.0473. The summed E-state index contributed by atoms with van der Waals surface area (Å²) in [6.45, 7) is 4.59. The van der Waals surface area contributed by atoms with Gasteiger partial charge in [0.1, 0.15) is 5.69 Å². The topological polar surface area (TPSA) is 104 Å². The summed E-state index contributed by atoms with van der Waals surface area (Å²) in [6, 6.07) is 17.0. The Morgan fingerprint density at radius 2 is 2.08 bits per heavy atom. The molecule has 1 aliphatic heterocycles. The van der Waals surface area contributed by atoms with Crippen molar-refractivity contribution < 1.29 is 9.59 Å². The highest BCUT2D eigenvalue weighted by molar-refractivity contribution is 9.11. The van der Waals surface area contributed by atoms with E-state index in [1.54, 1.807) is 28.5 Å². The first kappa shape index (κ1) is 25.5. The van der Waals surface area contributed by atoms with E-state index in [9.17, 15) is 14.9 Å². The van der Waals surface area contributed by atoms with E-state index in [0.29, 0.717) is 43.0 Å². The number of carbonyl (C=O) groups is 2. The van der Waals surface area contributed by atoms with Gasteiger partial charge in [-0.1, -0.05) is 6.07 Å². The van der Waals surface area contributed by atoms with Crippen LogP contribution < -0.4 is 5.32 Å². The number of nitriles is 1. The number of halogens is 1. The Morgan fingerprint density at radius 3 is 2.67 bits per heavy atom. The molecule has 10 heteroatoms. The number of benzene rings is 1. The lowest BCUT2D eigenvalue weighted by Crippen LogP contribution is -2.50. The first-order valence-corrected chi connectivity index (χ1v) is 13.0. The molecule has 3 aromatic heterocycles. The number of thiophene rings is 1. The molecule has 1 N–H and O–H groups in total. The van der Waals surface area contributed by atoms with Crippen molar-refractivity contribution in [3.05, 3.63) is 69.0 Å². The second-order valence-corrected chi connectivity index (χ2v) is 11.1. The normalized spacial score (nSPS) is 17.1. The molecule has 0 spiro atoms. The molecule has 1 saturated heterocycles. The molecule has 0 radical (unpaired) electrons. The molecule has 1 aromatic carbocycles. The fraction of sp³-hybridized carbons (Fsp3) is 0.269. The number of hydrogen-bond acceptors (Lipinski definition) is 6. The van der Waals surface area contributed by atoms with Gasteiger partial charge in [-0.25, -0.2) is 4.98 Å². The largest absolute Gasteiger partial charge is 0.354 e. The number of fused-ring (bicyclic) bond motifs is 1. The first-order chi connectivity index (χ1) is 17.4. The van der Waals surface area contributed by atoms with Crippen LogP contribution in [0.2, 0.25) is 0 Å². The second kappa shape index (κ2) is 11.5. The van der Waals surface area contributed by atoms with Crippen molar-refractivity contribution in [2.45, 2.75) is 32.4 Å². The number of piperidine rings is 1. The van der Waals surface area contributed by atoms with E-state index in [0.717, 1.165) is 11.0 Å². The molecule has 0 bridgehead atoms. The maximum atomic E-state index is 12.1. The molecule has 2 amide bonds. The fourth-order valence-corrected chi connectivity index (χ4v) is 5.82. The van der Waals surface area contributed by atoms with Crippen LogP contribution in [0.15, 0.2) is 58.5 Å². The lowest BCUT2D eigenvalue weighted by molar-refractivity contribution is -0.131. The van der Waals surface area contributed by atoms with Gasteiger partial charge in [0.05, 0.1) is 32.5 Å². The van der Waals surface area contributed by atoms with Crippen LogP contribution in [0.5, 0.6) is 0 Å². The Kier molecular flexibility index (Phi) is 8.13. The summed E-state index contributed by atoms with van der Waals surface area (Å²) in [5.41, 5.74) is 2.81. The van der Waals surface area contributed by atoms with Crippen molar-refractivity contribution in [2.24, 2.45) is 0 Å². The van der Waals surface area contributed by atoms with Crippen LogP contribution in [0.4, 0.5) is 0 Å². The molecule has 0 aliphatic carbocycles. The minimum atomic E-state index is -0.164. The SMILES string of the molecule is CC(=O)N1CC(NC=O)CC(n2c(-c3ccccn3)nc3ccc(C#N)cc32)C1.Cc1ccc(Br)s1. The zero-order chi connectivity index (χ0) is 25.7. The van der Waals surface area contributed by atoms with Crippen LogP contribution in [0, 0.1) is 18.3 Å². The number of rotatable bonds is 4. The number of pyridine rings is 1. The minimum Gasteiger partial charge on any atom is -0.354 e. The zero-order valence-electron chi connectivity index (χ0n) is 19.9. The van der Waals surface area contributed by atoms with Crippen LogP contribution in [0.25, 0.3) is 22.6 Å². The molecule has 4 heterocycles. The van der Waals surface area contributed by atoms with Gasteiger partial charge in [0, 0.05) is 37.1 Å². The monoisotopic (exact) mass is 564 g/mol. The number of amides is 2. The number of imidazole rings is 1. The predicted molar refractivity (Wildman–Crippen MR) is 143 cm³/mol. The summed E-state index contributed by atoms with van der Waals surface area (Å²) in [6.07, 6.45) is 3.02. The maximum Gasteiger partial charge on any atom is 0.219 e. The molecule has 184 valence electrons. The van der Waals surface area contributed by atoms with Crippen LogP contribution in [0.3, 0.4) is 0 Å². The average molecular weight is 565 g/mol. The first-order valence-electron chi connectivity index (χ1n) is 11.4. The van der Waals surface area contributed by atoms with Gasteiger partial charge in [-0.3, -0.25) is 14.6 Å². The van der Waals surface area contributed by atoms with E-state index in [2.05, 4.69) is 51.4 Å². The number of nitrogens with one attached hydrogen (secondary N) is 1. The van der Waals surface area contributed by atoms with Gasteiger partial charge >= 0.3 is 0 Å². The Balaban J connectivity index is 0.000000375. The summed E-state index contributed by atoms with van der Waals surface area (Å²) in [5.74, 6) is 0.630. The summed E-state index contributed by atoms with van der Waals surface area (Å²) < 4.78 is 3.26. The van der Waals surface area contributed by atoms with Gasteiger partial charge in [0.2, 0.25) is 12.3 Å². The van der Waals surface area contributed by atoms with E-state index >= 15 is 0 Å². The molecule has 2 atom stereocenters. The highest BCUT2D eigenvalue weighted by Gasteiger charge is 2.32. The number of aromatic nitrogens is 3. The summed E-state index contributed by atoms with van der Waals surface area (Å²) >= 11 is 5.11. The van der Waals surface area contributed by atoms with E-state index < -0.39 is 0 Å². The van der Waals surface area contributed by atoms with Crippen LogP contribution >= 0.6 is 27.3 Å². The standard InChI is InChI=1S/C21H20N6O2.C5H5BrS/c1-14(29)26-11-16(24-13-28)9-17(12-26)27-20-8-15(10-22)5-6-18(20)25-21(27)19-4-2-3-7-23-19;1-4-2-3-5(6)7-4/h2-8,13,16-17H,9,11-12H2,1H3,(H,24,28);2-3H,1H3.